The Kier molecular flexibility index (Phi) is 5.11. The molecule has 4 rings (SSSR count). The third kappa shape index (κ3) is 3.29. The second-order valence-corrected chi connectivity index (χ2v) is 9.65. The molecule has 2 heterocycles. The van der Waals surface area contributed by atoms with Crippen molar-refractivity contribution in [1.29, 1.82) is 0 Å². The molecule has 0 spiro atoms. The smallest absolute Gasteiger partial charge is 0.222 e. The van der Waals surface area contributed by atoms with E-state index in [4.69, 9.17) is 4.74 Å². The maximum atomic E-state index is 13.4. The summed E-state index contributed by atoms with van der Waals surface area (Å²) in [7, 11) is -2.09. The van der Waals surface area contributed by atoms with Gasteiger partial charge in [0.2, 0.25) is 9.84 Å². The third-order valence-corrected chi connectivity index (χ3v) is 7.47. The van der Waals surface area contributed by atoms with Crippen LogP contribution in [-0.2, 0) is 9.84 Å². The van der Waals surface area contributed by atoms with Gasteiger partial charge in [0.25, 0.3) is 0 Å². The summed E-state index contributed by atoms with van der Waals surface area (Å²) in [5, 5.41) is 4.44. The van der Waals surface area contributed by atoms with Gasteiger partial charge in [-0.05, 0) is 42.8 Å². The van der Waals surface area contributed by atoms with Crippen molar-refractivity contribution in [2.24, 2.45) is 0 Å². The zero-order valence-electron chi connectivity index (χ0n) is 15.8. The summed E-state index contributed by atoms with van der Waals surface area (Å²) in [5.74, 6) is 0.679. The monoisotopic (exact) mass is 463 g/mol. The Morgan fingerprint density at radius 1 is 1.11 bits per heavy atom. The van der Waals surface area contributed by atoms with Crippen LogP contribution in [-0.4, -0.2) is 46.7 Å². The molecule has 0 unspecified atom stereocenters. The molecule has 1 aliphatic rings. The molecule has 1 saturated heterocycles. The number of benzene rings is 2. The van der Waals surface area contributed by atoms with Gasteiger partial charge in [0.15, 0.2) is 0 Å². The molecule has 0 saturated carbocycles. The van der Waals surface area contributed by atoms with Gasteiger partial charge >= 0.3 is 0 Å². The quantitative estimate of drug-likeness (QED) is 0.619. The van der Waals surface area contributed by atoms with Crippen molar-refractivity contribution in [2.45, 2.75) is 16.8 Å². The number of piperazine rings is 1. The van der Waals surface area contributed by atoms with Crippen molar-refractivity contribution in [3.8, 4) is 5.75 Å². The first-order chi connectivity index (χ1) is 13.4. The maximum absolute atomic E-state index is 13.4. The van der Waals surface area contributed by atoms with Gasteiger partial charge in [-0.1, -0.05) is 22.0 Å². The fraction of sp³-hybridized carbons (Fsp3) is 0.300. The number of H-pyrrole nitrogens is 1. The molecule has 148 valence electrons. The van der Waals surface area contributed by atoms with Crippen LogP contribution in [0.5, 0.6) is 5.75 Å². The number of hydrogen-bond acceptors (Lipinski definition) is 5. The van der Waals surface area contributed by atoms with Crippen molar-refractivity contribution >= 4 is 42.4 Å². The van der Waals surface area contributed by atoms with Crippen LogP contribution >= 0.6 is 15.9 Å². The predicted molar refractivity (Wildman–Crippen MR) is 114 cm³/mol. The summed E-state index contributed by atoms with van der Waals surface area (Å²) < 4.78 is 33.2. The van der Waals surface area contributed by atoms with Crippen LogP contribution in [0.4, 0.5) is 5.69 Å². The van der Waals surface area contributed by atoms with E-state index >= 15 is 0 Å². The molecule has 0 aliphatic carbocycles. The third-order valence-electron chi connectivity index (χ3n) is 5.16. The minimum absolute atomic E-state index is 0.233. The van der Waals surface area contributed by atoms with Crippen LogP contribution in [0.1, 0.15) is 5.56 Å². The van der Waals surface area contributed by atoms with Crippen molar-refractivity contribution in [1.82, 2.24) is 10.3 Å². The number of aromatic amines is 1. The molecule has 0 radical (unpaired) electrons. The number of methoxy groups -OCH3 is 1. The lowest BCUT2D eigenvalue weighted by molar-refractivity contribution is 0.412. The van der Waals surface area contributed by atoms with Crippen LogP contribution in [0.25, 0.3) is 10.9 Å². The maximum Gasteiger partial charge on any atom is 0.222 e. The number of fused-ring (bicyclic) bond motifs is 1. The molecule has 28 heavy (non-hydrogen) atoms. The van der Waals surface area contributed by atoms with Crippen LogP contribution in [0.15, 0.2) is 50.8 Å². The Morgan fingerprint density at radius 3 is 2.57 bits per heavy atom. The van der Waals surface area contributed by atoms with Gasteiger partial charge in [0.05, 0.1) is 17.7 Å². The highest BCUT2D eigenvalue weighted by Crippen LogP contribution is 2.35. The number of ether oxygens (including phenoxy) is 1. The molecule has 1 aliphatic heterocycles. The molecule has 1 fully saturated rings. The SMILES string of the molecule is COc1ccc(S(=O)(=O)c2[nH]c3cc(Br)ccc3c2C)cc1N1CCNCC1. The zero-order chi connectivity index (χ0) is 19.9. The highest BCUT2D eigenvalue weighted by molar-refractivity contribution is 9.10. The lowest BCUT2D eigenvalue weighted by Crippen LogP contribution is -2.43. The number of halogens is 1. The number of anilines is 1. The number of nitrogens with zero attached hydrogens (tertiary/aromatic N) is 1. The van der Waals surface area contributed by atoms with E-state index in [1.54, 1.807) is 25.3 Å². The summed E-state index contributed by atoms with van der Waals surface area (Å²) in [4.78, 5) is 5.51. The average Bonchev–Trinajstić information content (AvgIpc) is 3.04. The van der Waals surface area contributed by atoms with Gasteiger partial charge in [0, 0.05) is 41.6 Å². The number of rotatable bonds is 4. The molecule has 2 N–H and O–H groups in total. The number of sulfone groups is 1. The molecule has 3 aromatic rings. The molecular weight excluding hydrogens is 442 g/mol. The molecule has 0 atom stereocenters. The van der Waals surface area contributed by atoms with Gasteiger partial charge in [0.1, 0.15) is 10.8 Å². The van der Waals surface area contributed by atoms with Crippen LogP contribution < -0.4 is 15.0 Å². The highest BCUT2D eigenvalue weighted by atomic mass is 79.9. The molecule has 8 heteroatoms. The van der Waals surface area contributed by atoms with Gasteiger partial charge in [-0.25, -0.2) is 8.42 Å². The molecular formula is C20H22BrN3O3S. The number of hydrogen-bond donors (Lipinski definition) is 2. The van der Waals surface area contributed by atoms with E-state index in [0.29, 0.717) is 5.75 Å². The summed E-state index contributed by atoms with van der Waals surface area (Å²) >= 11 is 3.44. The lowest BCUT2D eigenvalue weighted by atomic mass is 10.2. The fourth-order valence-electron chi connectivity index (χ4n) is 3.66. The molecule has 0 amide bonds. The highest BCUT2D eigenvalue weighted by Gasteiger charge is 2.26. The van der Waals surface area contributed by atoms with Gasteiger partial charge in [-0.2, -0.15) is 0 Å². The zero-order valence-corrected chi connectivity index (χ0v) is 18.2. The number of nitrogens with one attached hydrogen (secondary N) is 2. The average molecular weight is 464 g/mol. The minimum atomic E-state index is -3.70. The van der Waals surface area contributed by atoms with Gasteiger partial charge in [-0.15, -0.1) is 0 Å². The predicted octanol–water partition coefficient (Wildman–Crippen LogP) is 3.49. The normalized spacial score (nSPS) is 15.2. The van der Waals surface area contributed by atoms with Crippen molar-refractivity contribution in [3.63, 3.8) is 0 Å². The largest absolute Gasteiger partial charge is 0.495 e. The minimum Gasteiger partial charge on any atom is -0.495 e. The molecule has 1 aromatic heterocycles. The first kappa shape index (κ1) is 19.3. The van der Waals surface area contributed by atoms with Crippen LogP contribution in [0, 0.1) is 6.92 Å². The Bertz CT molecular complexity index is 1140. The van der Waals surface area contributed by atoms with E-state index in [1.165, 1.54) is 0 Å². The van der Waals surface area contributed by atoms with E-state index in [0.717, 1.165) is 52.8 Å². The number of aryl methyl sites for hydroxylation is 1. The Hall–Kier alpha value is -2.03. The van der Waals surface area contributed by atoms with Gasteiger partial charge in [-0.3, -0.25) is 0 Å². The standard InChI is InChI=1S/C20H22BrN3O3S/c1-13-16-5-3-14(21)11-17(16)23-20(13)28(25,26)15-4-6-19(27-2)18(12-15)24-9-7-22-8-10-24/h3-6,11-12,22-23H,7-10H2,1-2H3. The van der Waals surface area contributed by atoms with E-state index in [2.05, 4.69) is 31.1 Å². The Labute approximate surface area is 172 Å². The summed E-state index contributed by atoms with van der Waals surface area (Å²) in [6.45, 7) is 5.16. The first-order valence-electron chi connectivity index (χ1n) is 9.08. The van der Waals surface area contributed by atoms with Crippen LogP contribution in [0.3, 0.4) is 0 Å². The van der Waals surface area contributed by atoms with Crippen molar-refractivity contribution in [2.75, 3.05) is 38.2 Å². The van der Waals surface area contributed by atoms with E-state index < -0.39 is 9.84 Å². The van der Waals surface area contributed by atoms with E-state index in [9.17, 15) is 8.42 Å². The van der Waals surface area contributed by atoms with Crippen LogP contribution in [0.2, 0.25) is 0 Å². The van der Waals surface area contributed by atoms with Crippen molar-refractivity contribution in [3.05, 3.63) is 46.4 Å². The first-order valence-corrected chi connectivity index (χ1v) is 11.4. The Morgan fingerprint density at radius 2 is 1.86 bits per heavy atom. The lowest BCUT2D eigenvalue weighted by Gasteiger charge is -2.30. The van der Waals surface area contributed by atoms with Crippen molar-refractivity contribution < 1.29 is 13.2 Å². The topological polar surface area (TPSA) is 74.4 Å². The summed E-state index contributed by atoms with van der Waals surface area (Å²) in [6.07, 6.45) is 0. The van der Waals surface area contributed by atoms with Gasteiger partial charge < -0.3 is 19.9 Å². The Balaban J connectivity index is 1.82. The molecule has 0 bridgehead atoms. The summed E-state index contributed by atoms with van der Waals surface area (Å²) in [6, 6.07) is 10.8. The second kappa shape index (κ2) is 7.42. The van der Waals surface area contributed by atoms with E-state index in [-0.39, 0.29) is 9.92 Å². The van der Waals surface area contributed by atoms with E-state index in [1.807, 2.05) is 25.1 Å². The summed E-state index contributed by atoms with van der Waals surface area (Å²) in [5.41, 5.74) is 2.32. The molecule has 2 aromatic carbocycles. The second-order valence-electron chi connectivity index (χ2n) is 6.84. The number of aromatic nitrogens is 1. The molecule has 6 nitrogen and oxygen atoms in total. The fourth-order valence-corrected chi connectivity index (χ4v) is 5.53.